The molecule has 0 atom stereocenters. The quantitative estimate of drug-likeness (QED) is 0.552. The maximum Gasteiger partial charge on any atom is 0.258 e. The Morgan fingerprint density at radius 2 is 2.06 bits per heavy atom. The molecule has 0 aliphatic rings. The summed E-state index contributed by atoms with van der Waals surface area (Å²) in [5.41, 5.74) is 7.96. The van der Waals surface area contributed by atoms with Gasteiger partial charge in [0.05, 0.1) is 10.4 Å². The first-order valence-electron chi connectivity index (χ1n) is 4.92. The molecule has 2 rings (SSSR count). The summed E-state index contributed by atoms with van der Waals surface area (Å²) in [6.07, 6.45) is 1.60. The van der Waals surface area contributed by atoms with E-state index in [4.69, 9.17) is 5.73 Å². The molecule has 0 bridgehead atoms. The van der Waals surface area contributed by atoms with Crippen molar-refractivity contribution in [3.05, 3.63) is 36.5 Å². The molecule has 8 heteroatoms. The van der Waals surface area contributed by atoms with Gasteiger partial charge in [0, 0.05) is 11.6 Å². The molecule has 1 aromatic carbocycles. The Labute approximate surface area is 109 Å². The van der Waals surface area contributed by atoms with E-state index in [1.165, 1.54) is 6.07 Å². The Kier molecular flexibility index (Phi) is 3.41. The van der Waals surface area contributed by atoms with Crippen LogP contribution in [0, 0.1) is 0 Å². The molecule has 0 spiro atoms. The maximum absolute atomic E-state index is 12.0. The lowest BCUT2D eigenvalue weighted by molar-refractivity contribution is 0.578. The molecular formula is C10H10N4O2S2. The molecule has 2 aromatic rings. The van der Waals surface area contributed by atoms with Crippen LogP contribution in [0.1, 0.15) is 0 Å². The minimum Gasteiger partial charge on any atom is -0.375 e. The van der Waals surface area contributed by atoms with Gasteiger partial charge in [0.15, 0.2) is 5.11 Å². The lowest BCUT2D eigenvalue weighted by Crippen LogP contribution is -2.44. The van der Waals surface area contributed by atoms with Crippen LogP contribution in [0.4, 0.5) is 0 Å². The number of aromatic nitrogens is 1. The number of nitrogens with zero attached hydrogens (tertiary/aromatic N) is 1. The van der Waals surface area contributed by atoms with Gasteiger partial charge in [-0.05, 0) is 36.5 Å². The summed E-state index contributed by atoms with van der Waals surface area (Å²) in [6, 6.07) is 8.17. The van der Waals surface area contributed by atoms with E-state index in [2.05, 4.69) is 27.5 Å². The third-order valence-corrected chi connectivity index (χ3v) is 3.61. The fraction of sp³-hybridized carbons (Fsp3) is 0. The number of hydrazine groups is 1. The standard InChI is InChI=1S/C10H10N4O2S2/c11-10(17)13-14-18(15,16)9-5-1-4-8-7(9)3-2-6-12-8/h1-6,14H,(H3,11,13,17). The van der Waals surface area contributed by atoms with Crippen LogP contribution in [0.15, 0.2) is 41.4 Å². The molecule has 0 aliphatic carbocycles. The fourth-order valence-corrected chi connectivity index (χ4v) is 2.67. The summed E-state index contributed by atoms with van der Waals surface area (Å²) < 4.78 is 24.1. The summed E-state index contributed by atoms with van der Waals surface area (Å²) in [5.74, 6) is 0. The monoisotopic (exact) mass is 282 g/mol. The number of nitrogens with one attached hydrogen (secondary N) is 2. The summed E-state index contributed by atoms with van der Waals surface area (Å²) in [6.45, 7) is 0. The molecule has 6 nitrogen and oxygen atoms in total. The van der Waals surface area contributed by atoms with Crippen LogP contribution >= 0.6 is 12.2 Å². The second-order valence-corrected chi connectivity index (χ2v) is 5.51. The molecule has 0 radical (unpaired) electrons. The van der Waals surface area contributed by atoms with Crippen LogP contribution in [-0.4, -0.2) is 18.5 Å². The first kappa shape index (κ1) is 12.7. The van der Waals surface area contributed by atoms with Crippen molar-refractivity contribution in [3.63, 3.8) is 0 Å². The molecule has 0 amide bonds. The smallest absolute Gasteiger partial charge is 0.258 e. The lowest BCUT2D eigenvalue weighted by Gasteiger charge is -2.09. The van der Waals surface area contributed by atoms with Gasteiger partial charge in [0.1, 0.15) is 0 Å². The van der Waals surface area contributed by atoms with Gasteiger partial charge in [-0.15, -0.1) is 4.83 Å². The van der Waals surface area contributed by atoms with E-state index in [1.807, 2.05) is 0 Å². The zero-order chi connectivity index (χ0) is 13.2. The average Bonchev–Trinajstić information content (AvgIpc) is 2.36. The van der Waals surface area contributed by atoms with Crippen molar-refractivity contribution in [3.8, 4) is 0 Å². The minimum atomic E-state index is -3.75. The van der Waals surface area contributed by atoms with Gasteiger partial charge >= 0.3 is 0 Å². The van der Waals surface area contributed by atoms with Gasteiger partial charge in [-0.2, -0.15) is 0 Å². The molecule has 1 heterocycles. The number of thiocarbonyl (C=S) groups is 1. The summed E-state index contributed by atoms with van der Waals surface area (Å²) in [7, 11) is -3.75. The molecule has 0 saturated heterocycles. The first-order valence-corrected chi connectivity index (χ1v) is 6.81. The second kappa shape index (κ2) is 4.84. The van der Waals surface area contributed by atoms with Crippen molar-refractivity contribution in [1.29, 1.82) is 0 Å². The van der Waals surface area contributed by atoms with Crippen molar-refractivity contribution >= 4 is 38.3 Å². The predicted molar refractivity (Wildman–Crippen MR) is 72.0 cm³/mol. The topological polar surface area (TPSA) is 97.1 Å². The van der Waals surface area contributed by atoms with Gasteiger partial charge in [-0.1, -0.05) is 6.07 Å². The molecule has 0 unspecified atom stereocenters. The van der Waals surface area contributed by atoms with E-state index in [0.717, 1.165) is 0 Å². The number of hydrogen-bond acceptors (Lipinski definition) is 4. The molecule has 0 saturated carbocycles. The third-order valence-electron chi connectivity index (χ3n) is 2.20. The zero-order valence-corrected chi connectivity index (χ0v) is 10.8. The van der Waals surface area contributed by atoms with E-state index >= 15 is 0 Å². The number of nitrogens with two attached hydrogens (primary N) is 1. The second-order valence-electron chi connectivity index (χ2n) is 3.42. The van der Waals surface area contributed by atoms with E-state index < -0.39 is 10.0 Å². The van der Waals surface area contributed by atoms with Crippen molar-refractivity contribution in [1.82, 2.24) is 15.2 Å². The number of sulfonamides is 1. The highest BCUT2D eigenvalue weighted by Gasteiger charge is 2.17. The molecular weight excluding hydrogens is 272 g/mol. The van der Waals surface area contributed by atoms with Crippen LogP contribution in [-0.2, 0) is 10.0 Å². The van der Waals surface area contributed by atoms with Crippen molar-refractivity contribution in [2.24, 2.45) is 5.73 Å². The Balaban J connectivity index is 2.50. The number of fused-ring (bicyclic) bond motifs is 1. The van der Waals surface area contributed by atoms with Crippen LogP contribution in [0.3, 0.4) is 0 Å². The highest BCUT2D eigenvalue weighted by atomic mass is 32.2. The van der Waals surface area contributed by atoms with E-state index in [-0.39, 0.29) is 10.0 Å². The summed E-state index contributed by atoms with van der Waals surface area (Å²) in [4.78, 5) is 6.29. The van der Waals surface area contributed by atoms with Gasteiger partial charge in [-0.3, -0.25) is 10.4 Å². The maximum atomic E-state index is 12.0. The van der Waals surface area contributed by atoms with Crippen molar-refractivity contribution < 1.29 is 8.42 Å². The van der Waals surface area contributed by atoms with Gasteiger partial charge in [0.2, 0.25) is 0 Å². The number of benzene rings is 1. The Hall–Kier alpha value is -1.77. The van der Waals surface area contributed by atoms with Gasteiger partial charge in [0.25, 0.3) is 10.0 Å². The van der Waals surface area contributed by atoms with E-state index in [0.29, 0.717) is 10.9 Å². The van der Waals surface area contributed by atoms with Crippen LogP contribution in [0.2, 0.25) is 0 Å². The summed E-state index contributed by atoms with van der Waals surface area (Å²) in [5, 5.41) is 0.370. The highest BCUT2D eigenvalue weighted by molar-refractivity contribution is 7.89. The van der Waals surface area contributed by atoms with Gasteiger partial charge in [-0.25, -0.2) is 8.42 Å². The SMILES string of the molecule is NC(=S)NNS(=O)(=O)c1cccc2ncccc12. The predicted octanol–water partition coefficient (Wildman–Crippen LogP) is 0.261. The molecule has 18 heavy (non-hydrogen) atoms. The van der Waals surface area contributed by atoms with Crippen LogP contribution < -0.4 is 16.0 Å². The van der Waals surface area contributed by atoms with Crippen molar-refractivity contribution in [2.45, 2.75) is 4.90 Å². The van der Waals surface area contributed by atoms with Crippen molar-refractivity contribution in [2.75, 3.05) is 0 Å². The lowest BCUT2D eigenvalue weighted by atomic mass is 10.2. The number of pyridine rings is 1. The molecule has 94 valence electrons. The highest BCUT2D eigenvalue weighted by Crippen LogP contribution is 2.20. The molecule has 0 fully saturated rings. The molecule has 1 aromatic heterocycles. The zero-order valence-electron chi connectivity index (χ0n) is 9.12. The normalized spacial score (nSPS) is 11.3. The molecule has 4 N–H and O–H groups in total. The number of hydrogen-bond donors (Lipinski definition) is 3. The first-order chi connectivity index (χ1) is 8.50. The van der Waals surface area contributed by atoms with Gasteiger partial charge < -0.3 is 5.73 Å². The van der Waals surface area contributed by atoms with Crippen LogP contribution in [0.5, 0.6) is 0 Å². The molecule has 0 aliphatic heterocycles. The largest absolute Gasteiger partial charge is 0.375 e. The fourth-order valence-electron chi connectivity index (χ4n) is 1.48. The number of rotatable bonds is 3. The van der Waals surface area contributed by atoms with E-state index in [1.54, 1.807) is 30.5 Å². The Morgan fingerprint density at radius 3 is 2.78 bits per heavy atom. The van der Waals surface area contributed by atoms with Crippen LogP contribution in [0.25, 0.3) is 10.9 Å². The Bertz CT molecular complexity index is 695. The Morgan fingerprint density at radius 1 is 1.28 bits per heavy atom. The van der Waals surface area contributed by atoms with E-state index in [9.17, 15) is 8.42 Å². The minimum absolute atomic E-state index is 0.108. The summed E-state index contributed by atoms with van der Waals surface area (Å²) >= 11 is 4.54. The average molecular weight is 282 g/mol. The third kappa shape index (κ3) is 2.55.